The lowest BCUT2D eigenvalue weighted by atomic mass is 10.2. The molecule has 1 amide bonds. The number of nitrogens with zero attached hydrogens (tertiary/aromatic N) is 1. The van der Waals surface area contributed by atoms with E-state index in [2.05, 4.69) is 6.58 Å². The van der Waals surface area contributed by atoms with Gasteiger partial charge in [-0.15, -0.1) is 0 Å². The quantitative estimate of drug-likeness (QED) is 0.633. The Kier molecular flexibility index (Phi) is 4.59. The van der Waals surface area contributed by atoms with Crippen molar-refractivity contribution < 1.29 is 4.79 Å². The summed E-state index contributed by atoms with van der Waals surface area (Å²) >= 11 is 0. The fourth-order valence-electron chi connectivity index (χ4n) is 0.940. The highest BCUT2D eigenvalue weighted by Gasteiger charge is 2.15. The van der Waals surface area contributed by atoms with Gasteiger partial charge < -0.3 is 10.6 Å². The first-order valence-corrected chi connectivity index (χ1v) is 4.14. The Morgan fingerprint density at radius 2 is 2.17 bits per heavy atom. The Morgan fingerprint density at radius 1 is 1.67 bits per heavy atom. The molecular formula is C9H18N2O. The van der Waals surface area contributed by atoms with Crippen LogP contribution in [0.25, 0.3) is 0 Å². The molecule has 70 valence electrons. The molecule has 2 N–H and O–H groups in total. The summed E-state index contributed by atoms with van der Waals surface area (Å²) in [6, 6.07) is -0.366. The molecule has 0 spiro atoms. The van der Waals surface area contributed by atoms with Gasteiger partial charge in [0.25, 0.3) is 0 Å². The second kappa shape index (κ2) is 4.93. The number of amides is 1. The SMILES string of the molecule is C=C(C)CN(C)C(=O)[C@@H](N)CC. The van der Waals surface area contributed by atoms with Gasteiger partial charge in [-0.25, -0.2) is 0 Å². The highest BCUT2D eigenvalue weighted by Crippen LogP contribution is 1.97. The summed E-state index contributed by atoms with van der Waals surface area (Å²) in [6.45, 7) is 8.11. The largest absolute Gasteiger partial charge is 0.340 e. The monoisotopic (exact) mass is 170 g/mol. The number of carbonyl (C=O) groups is 1. The summed E-state index contributed by atoms with van der Waals surface area (Å²) < 4.78 is 0. The molecule has 0 saturated heterocycles. The second-order valence-electron chi connectivity index (χ2n) is 3.17. The molecule has 0 radical (unpaired) electrons. The molecule has 0 aliphatic rings. The molecule has 0 unspecified atom stereocenters. The first-order valence-electron chi connectivity index (χ1n) is 4.14. The molecule has 3 heteroatoms. The van der Waals surface area contributed by atoms with Crippen LogP contribution in [-0.4, -0.2) is 30.4 Å². The average molecular weight is 170 g/mol. The molecule has 0 aliphatic carbocycles. The number of nitrogens with two attached hydrogens (primary N) is 1. The number of hydrogen-bond acceptors (Lipinski definition) is 2. The zero-order chi connectivity index (χ0) is 9.72. The molecule has 0 aromatic rings. The zero-order valence-electron chi connectivity index (χ0n) is 8.13. The van der Waals surface area contributed by atoms with Gasteiger partial charge in [0, 0.05) is 13.6 Å². The first-order chi connectivity index (χ1) is 5.49. The molecule has 0 aliphatic heterocycles. The van der Waals surface area contributed by atoms with Crippen LogP contribution in [0.5, 0.6) is 0 Å². The van der Waals surface area contributed by atoms with Gasteiger partial charge in [-0.2, -0.15) is 0 Å². The molecule has 3 nitrogen and oxygen atoms in total. The van der Waals surface area contributed by atoms with Crippen molar-refractivity contribution in [2.45, 2.75) is 26.3 Å². The van der Waals surface area contributed by atoms with Crippen LogP contribution in [0.1, 0.15) is 20.3 Å². The van der Waals surface area contributed by atoms with Crippen molar-refractivity contribution >= 4 is 5.91 Å². The summed E-state index contributed by atoms with van der Waals surface area (Å²) in [5, 5.41) is 0. The second-order valence-corrected chi connectivity index (χ2v) is 3.17. The zero-order valence-corrected chi connectivity index (χ0v) is 8.13. The van der Waals surface area contributed by atoms with Crippen molar-refractivity contribution in [2.75, 3.05) is 13.6 Å². The Labute approximate surface area is 74.2 Å². The number of carbonyl (C=O) groups excluding carboxylic acids is 1. The predicted molar refractivity (Wildman–Crippen MR) is 50.7 cm³/mol. The Hall–Kier alpha value is -0.830. The van der Waals surface area contributed by atoms with Crippen LogP contribution < -0.4 is 5.73 Å². The van der Waals surface area contributed by atoms with Gasteiger partial charge in [-0.1, -0.05) is 19.1 Å². The maximum Gasteiger partial charge on any atom is 0.239 e. The molecule has 0 bridgehead atoms. The van der Waals surface area contributed by atoms with E-state index in [-0.39, 0.29) is 11.9 Å². The van der Waals surface area contributed by atoms with Gasteiger partial charge >= 0.3 is 0 Å². The van der Waals surface area contributed by atoms with Crippen LogP contribution >= 0.6 is 0 Å². The fraction of sp³-hybridized carbons (Fsp3) is 0.667. The third-order valence-corrected chi connectivity index (χ3v) is 1.64. The third kappa shape index (κ3) is 3.53. The Balaban J connectivity index is 4.01. The molecule has 0 aromatic heterocycles. The van der Waals surface area contributed by atoms with Crippen LogP contribution in [0.4, 0.5) is 0 Å². The molecule has 0 aromatic carbocycles. The Morgan fingerprint density at radius 3 is 2.50 bits per heavy atom. The van der Waals surface area contributed by atoms with Gasteiger partial charge in [-0.05, 0) is 13.3 Å². The molecule has 0 fully saturated rings. The van der Waals surface area contributed by atoms with E-state index >= 15 is 0 Å². The molecular weight excluding hydrogens is 152 g/mol. The summed E-state index contributed by atoms with van der Waals surface area (Å²) in [5.41, 5.74) is 6.54. The molecule has 0 saturated carbocycles. The maximum atomic E-state index is 11.4. The molecule has 0 heterocycles. The summed E-state index contributed by atoms with van der Waals surface area (Å²) in [7, 11) is 1.74. The van der Waals surface area contributed by atoms with E-state index in [4.69, 9.17) is 5.73 Å². The maximum absolute atomic E-state index is 11.4. The van der Waals surface area contributed by atoms with Gasteiger partial charge in [0.1, 0.15) is 0 Å². The van der Waals surface area contributed by atoms with E-state index in [1.54, 1.807) is 11.9 Å². The van der Waals surface area contributed by atoms with Crippen LogP contribution in [0, 0.1) is 0 Å². The smallest absolute Gasteiger partial charge is 0.239 e. The van der Waals surface area contributed by atoms with Crippen molar-refractivity contribution in [3.63, 3.8) is 0 Å². The van der Waals surface area contributed by atoms with E-state index < -0.39 is 0 Å². The highest BCUT2D eigenvalue weighted by atomic mass is 16.2. The minimum atomic E-state index is -0.366. The topological polar surface area (TPSA) is 46.3 Å². The van der Waals surface area contributed by atoms with E-state index in [1.807, 2.05) is 13.8 Å². The van der Waals surface area contributed by atoms with Crippen molar-refractivity contribution in [3.05, 3.63) is 12.2 Å². The summed E-state index contributed by atoms with van der Waals surface area (Å²) in [5.74, 6) is -0.0134. The van der Waals surface area contributed by atoms with Crippen molar-refractivity contribution in [3.8, 4) is 0 Å². The lowest BCUT2D eigenvalue weighted by molar-refractivity contribution is -0.130. The fourth-order valence-corrected chi connectivity index (χ4v) is 0.940. The summed E-state index contributed by atoms with van der Waals surface area (Å²) in [4.78, 5) is 13.0. The standard InChI is InChI=1S/C9H18N2O/c1-5-8(10)9(12)11(4)6-7(2)3/h8H,2,5-6,10H2,1,3-4H3/t8-/m0/s1. The number of likely N-dealkylation sites (N-methyl/N-ethyl adjacent to an activating group) is 1. The molecule has 0 rings (SSSR count). The normalized spacial score (nSPS) is 12.3. The summed E-state index contributed by atoms with van der Waals surface area (Å²) in [6.07, 6.45) is 0.680. The number of hydrogen-bond donors (Lipinski definition) is 1. The predicted octanol–water partition coefficient (Wildman–Crippen LogP) is 0.758. The van der Waals surface area contributed by atoms with Crippen LogP contribution in [0.2, 0.25) is 0 Å². The van der Waals surface area contributed by atoms with E-state index in [0.29, 0.717) is 13.0 Å². The average Bonchev–Trinajstić information content (AvgIpc) is 2.00. The van der Waals surface area contributed by atoms with E-state index in [0.717, 1.165) is 5.57 Å². The Bertz CT molecular complexity index is 177. The van der Waals surface area contributed by atoms with Crippen LogP contribution in [-0.2, 0) is 4.79 Å². The molecule has 12 heavy (non-hydrogen) atoms. The van der Waals surface area contributed by atoms with Gasteiger partial charge in [0.05, 0.1) is 6.04 Å². The van der Waals surface area contributed by atoms with Crippen LogP contribution in [0.15, 0.2) is 12.2 Å². The lowest BCUT2D eigenvalue weighted by Crippen LogP contribution is -2.41. The van der Waals surface area contributed by atoms with Gasteiger partial charge in [0.2, 0.25) is 5.91 Å². The van der Waals surface area contributed by atoms with Crippen molar-refractivity contribution in [1.29, 1.82) is 0 Å². The van der Waals surface area contributed by atoms with Gasteiger partial charge in [-0.3, -0.25) is 4.79 Å². The van der Waals surface area contributed by atoms with E-state index in [1.165, 1.54) is 0 Å². The molecule has 1 atom stereocenters. The minimum Gasteiger partial charge on any atom is -0.340 e. The van der Waals surface area contributed by atoms with Gasteiger partial charge in [0.15, 0.2) is 0 Å². The van der Waals surface area contributed by atoms with Crippen molar-refractivity contribution in [2.24, 2.45) is 5.73 Å². The van der Waals surface area contributed by atoms with Crippen LogP contribution in [0.3, 0.4) is 0 Å². The highest BCUT2D eigenvalue weighted by molar-refractivity contribution is 5.81. The minimum absolute atomic E-state index is 0.0134. The third-order valence-electron chi connectivity index (χ3n) is 1.64. The van der Waals surface area contributed by atoms with E-state index in [9.17, 15) is 4.79 Å². The first kappa shape index (κ1) is 11.2. The number of rotatable bonds is 4. The lowest BCUT2D eigenvalue weighted by Gasteiger charge is -2.20. The van der Waals surface area contributed by atoms with Crippen molar-refractivity contribution in [1.82, 2.24) is 4.90 Å².